The lowest BCUT2D eigenvalue weighted by molar-refractivity contribution is -0.114. The summed E-state index contributed by atoms with van der Waals surface area (Å²) >= 11 is 0. The minimum Gasteiger partial charge on any atom is -0.377 e. The van der Waals surface area contributed by atoms with E-state index in [0.717, 1.165) is 6.42 Å². The quantitative estimate of drug-likeness (QED) is 0.488. The van der Waals surface area contributed by atoms with Gasteiger partial charge >= 0.3 is 0 Å². The topological polar surface area (TPSA) is 26.3 Å². The van der Waals surface area contributed by atoms with E-state index in [9.17, 15) is 4.79 Å². The normalized spacial score (nSPS) is 27.4. The van der Waals surface area contributed by atoms with Crippen molar-refractivity contribution in [2.75, 3.05) is 7.11 Å². The van der Waals surface area contributed by atoms with Crippen LogP contribution in [0.25, 0.3) is 0 Å². The smallest absolute Gasteiger partial charge is 0.160 e. The number of carbonyl (C=O) groups is 1. The van der Waals surface area contributed by atoms with E-state index in [1.807, 2.05) is 0 Å². The maximum absolute atomic E-state index is 10.8. The van der Waals surface area contributed by atoms with Gasteiger partial charge in [0.05, 0.1) is 6.10 Å². The predicted molar refractivity (Wildman–Crippen MR) is 34.2 cm³/mol. The lowest BCUT2D eigenvalue weighted by Gasteiger charge is -2.04. The molecule has 1 fully saturated rings. The average molecular weight is 126 g/mol. The third kappa shape index (κ3) is 1.03. The van der Waals surface area contributed by atoms with Crippen molar-refractivity contribution >= 4 is 5.78 Å². The summed E-state index contributed by atoms with van der Waals surface area (Å²) in [5.74, 6) is 0.154. The van der Waals surface area contributed by atoms with E-state index in [4.69, 9.17) is 4.74 Å². The van der Waals surface area contributed by atoms with Gasteiger partial charge in [0, 0.05) is 19.1 Å². The van der Waals surface area contributed by atoms with Crippen LogP contribution in [0.1, 0.15) is 12.8 Å². The lowest BCUT2D eigenvalue weighted by atomic mass is 10.2. The molecule has 1 unspecified atom stereocenters. The highest BCUT2D eigenvalue weighted by molar-refractivity contribution is 5.98. The van der Waals surface area contributed by atoms with Crippen LogP contribution >= 0.6 is 0 Å². The van der Waals surface area contributed by atoms with Gasteiger partial charge in [0.15, 0.2) is 5.78 Å². The number of ether oxygens (including phenoxy) is 1. The molecular weight excluding hydrogens is 116 g/mol. The van der Waals surface area contributed by atoms with E-state index in [1.54, 1.807) is 7.11 Å². The van der Waals surface area contributed by atoms with Gasteiger partial charge in [0.1, 0.15) is 0 Å². The predicted octanol–water partition coefficient (Wildman–Crippen LogP) is 0.920. The van der Waals surface area contributed by atoms with Gasteiger partial charge in [0.25, 0.3) is 0 Å². The van der Waals surface area contributed by atoms with Crippen LogP contribution in [0, 0.1) is 0 Å². The van der Waals surface area contributed by atoms with Crippen molar-refractivity contribution in [3.63, 3.8) is 0 Å². The van der Waals surface area contributed by atoms with Crippen molar-refractivity contribution in [1.82, 2.24) is 0 Å². The second-order valence-electron chi connectivity index (χ2n) is 2.21. The molecule has 0 aliphatic heterocycles. The van der Waals surface area contributed by atoms with Gasteiger partial charge in [-0.2, -0.15) is 0 Å². The fourth-order valence-corrected chi connectivity index (χ4v) is 1.04. The molecule has 0 saturated heterocycles. The summed E-state index contributed by atoms with van der Waals surface area (Å²) in [6, 6.07) is 0. The summed E-state index contributed by atoms with van der Waals surface area (Å²) in [5.41, 5.74) is 0.637. The largest absolute Gasteiger partial charge is 0.377 e. The molecule has 1 aliphatic rings. The fourth-order valence-electron chi connectivity index (χ4n) is 1.04. The third-order valence-electron chi connectivity index (χ3n) is 1.66. The Balaban J connectivity index is 2.62. The van der Waals surface area contributed by atoms with Crippen LogP contribution in [-0.4, -0.2) is 19.0 Å². The first-order valence-electron chi connectivity index (χ1n) is 3.00. The Morgan fingerprint density at radius 1 is 1.78 bits per heavy atom. The SMILES string of the molecule is C=C1C(=O)CCC1OC. The Morgan fingerprint density at radius 3 is 2.67 bits per heavy atom. The molecule has 1 saturated carbocycles. The van der Waals surface area contributed by atoms with Gasteiger partial charge in [-0.05, 0) is 6.42 Å². The van der Waals surface area contributed by atoms with Crippen molar-refractivity contribution < 1.29 is 9.53 Å². The molecule has 1 rings (SSSR count). The van der Waals surface area contributed by atoms with Gasteiger partial charge in [-0.1, -0.05) is 6.58 Å². The molecule has 0 aromatic carbocycles. The van der Waals surface area contributed by atoms with Gasteiger partial charge in [-0.25, -0.2) is 0 Å². The molecule has 9 heavy (non-hydrogen) atoms. The molecular formula is C7H10O2. The molecule has 2 heteroatoms. The molecule has 0 aromatic heterocycles. The molecule has 0 heterocycles. The summed E-state index contributed by atoms with van der Waals surface area (Å²) in [6.45, 7) is 3.61. The third-order valence-corrected chi connectivity index (χ3v) is 1.66. The van der Waals surface area contributed by atoms with E-state index in [2.05, 4.69) is 6.58 Å². The molecule has 0 N–H and O–H groups in total. The number of hydrogen-bond acceptors (Lipinski definition) is 2. The molecule has 1 aliphatic carbocycles. The highest BCUT2D eigenvalue weighted by atomic mass is 16.5. The molecule has 0 radical (unpaired) electrons. The number of ketones is 1. The molecule has 1 atom stereocenters. The summed E-state index contributed by atoms with van der Waals surface area (Å²) < 4.78 is 4.97. The zero-order valence-corrected chi connectivity index (χ0v) is 5.52. The monoisotopic (exact) mass is 126 g/mol. The number of rotatable bonds is 1. The van der Waals surface area contributed by atoms with E-state index < -0.39 is 0 Å². The fraction of sp³-hybridized carbons (Fsp3) is 0.571. The summed E-state index contributed by atoms with van der Waals surface area (Å²) in [7, 11) is 1.61. The number of methoxy groups -OCH3 is 1. The molecule has 2 nitrogen and oxygen atoms in total. The van der Waals surface area contributed by atoms with Crippen LogP contribution in [-0.2, 0) is 9.53 Å². The van der Waals surface area contributed by atoms with Crippen molar-refractivity contribution in [3.05, 3.63) is 12.2 Å². The molecule has 0 spiro atoms. The summed E-state index contributed by atoms with van der Waals surface area (Å²) in [4.78, 5) is 10.8. The van der Waals surface area contributed by atoms with Crippen LogP contribution in [0.15, 0.2) is 12.2 Å². The van der Waals surface area contributed by atoms with Crippen molar-refractivity contribution in [2.24, 2.45) is 0 Å². The Hall–Kier alpha value is -0.630. The van der Waals surface area contributed by atoms with Crippen molar-refractivity contribution in [2.45, 2.75) is 18.9 Å². The van der Waals surface area contributed by atoms with Crippen LogP contribution in [0.3, 0.4) is 0 Å². The van der Waals surface area contributed by atoms with E-state index in [1.165, 1.54) is 0 Å². The van der Waals surface area contributed by atoms with Crippen LogP contribution < -0.4 is 0 Å². The highest BCUT2D eigenvalue weighted by Crippen LogP contribution is 2.21. The minimum atomic E-state index is -0.00231. The minimum absolute atomic E-state index is 0.00231. The Morgan fingerprint density at radius 2 is 2.44 bits per heavy atom. The molecule has 0 amide bonds. The number of carbonyl (C=O) groups excluding carboxylic acids is 1. The maximum Gasteiger partial charge on any atom is 0.160 e. The van der Waals surface area contributed by atoms with Crippen LogP contribution in [0.2, 0.25) is 0 Å². The van der Waals surface area contributed by atoms with Gasteiger partial charge in [-0.3, -0.25) is 4.79 Å². The van der Waals surface area contributed by atoms with E-state index in [-0.39, 0.29) is 11.9 Å². The zero-order valence-electron chi connectivity index (χ0n) is 5.52. The first kappa shape index (κ1) is 6.49. The Labute approximate surface area is 54.5 Å². The zero-order chi connectivity index (χ0) is 6.85. The Bertz CT molecular complexity index is 149. The highest BCUT2D eigenvalue weighted by Gasteiger charge is 2.25. The molecule has 0 bridgehead atoms. The second-order valence-corrected chi connectivity index (χ2v) is 2.21. The van der Waals surface area contributed by atoms with Crippen molar-refractivity contribution in [1.29, 1.82) is 0 Å². The van der Waals surface area contributed by atoms with E-state index in [0.29, 0.717) is 12.0 Å². The molecule has 50 valence electrons. The second kappa shape index (κ2) is 2.31. The van der Waals surface area contributed by atoms with Crippen molar-refractivity contribution in [3.8, 4) is 0 Å². The standard InChI is InChI=1S/C7H10O2/c1-5-6(8)3-4-7(5)9-2/h7H,1,3-4H2,2H3. The lowest BCUT2D eigenvalue weighted by Crippen LogP contribution is -2.07. The summed E-state index contributed by atoms with van der Waals surface area (Å²) in [6.07, 6.45) is 1.42. The van der Waals surface area contributed by atoms with Gasteiger partial charge < -0.3 is 4.74 Å². The number of hydrogen-bond donors (Lipinski definition) is 0. The Kier molecular flexibility index (Phi) is 1.67. The maximum atomic E-state index is 10.8. The first-order chi connectivity index (χ1) is 4.25. The van der Waals surface area contributed by atoms with Gasteiger partial charge in [0.2, 0.25) is 0 Å². The van der Waals surface area contributed by atoms with Crippen LogP contribution in [0.5, 0.6) is 0 Å². The van der Waals surface area contributed by atoms with E-state index >= 15 is 0 Å². The summed E-state index contributed by atoms with van der Waals surface area (Å²) in [5, 5.41) is 0. The number of Topliss-reactive ketones (excluding diaryl/α,β-unsaturated/α-hetero) is 1. The molecule has 0 aromatic rings. The van der Waals surface area contributed by atoms with Gasteiger partial charge in [-0.15, -0.1) is 0 Å². The average Bonchev–Trinajstić information content (AvgIpc) is 2.15. The van der Waals surface area contributed by atoms with Crippen LogP contribution in [0.4, 0.5) is 0 Å². The first-order valence-corrected chi connectivity index (χ1v) is 3.00.